The van der Waals surface area contributed by atoms with Crippen molar-refractivity contribution >= 4 is 5.97 Å². The van der Waals surface area contributed by atoms with E-state index in [-0.39, 0.29) is 5.56 Å². The monoisotopic (exact) mass is 249 g/mol. The molecule has 0 aliphatic heterocycles. The number of aromatic nitrogens is 1. The number of ether oxygens (including phenoxy) is 2. The Hall–Kier alpha value is -1.79. The predicted octanol–water partition coefficient (Wildman–Crippen LogP) is 1.88. The second kappa shape index (κ2) is 5.51. The molecule has 0 amide bonds. The molecule has 0 aliphatic carbocycles. The van der Waals surface area contributed by atoms with Crippen molar-refractivity contribution in [2.24, 2.45) is 0 Å². The topological polar surface area (TPSA) is 48.4 Å². The first-order valence-electron chi connectivity index (χ1n) is 4.57. The minimum Gasteiger partial charge on any atom is -0.481 e. The number of alkyl halides is 2. The number of esters is 1. The normalized spacial score (nSPS) is 10.5. The molecule has 17 heavy (non-hydrogen) atoms. The maximum absolute atomic E-state index is 13.0. The van der Waals surface area contributed by atoms with Crippen molar-refractivity contribution in [3.05, 3.63) is 23.1 Å². The summed E-state index contributed by atoms with van der Waals surface area (Å²) < 4.78 is 47.5. The van der Waals surface area contributed by atoms with Crippen LogP contribution in [-0.2, 0) is 16.0 Å². The maximum Gasteiger partial charge on any atom is 0.309 e. The van der Waals surface area contributed by atoms with Crippen LogP contribution in [0.5, 0.6) is 5.88 Å². The number of carbonyl (C=O) groups excluding carboxylic acids is 1. The van der Waals surface area contributed by atoms with Crippen LogP contribution in [0.1, 0.15) is 17.6 Å². The lowest BCUT2D eigenvalue weighted by Gasteiger charge is -2.11. The van der Waals surface area contributed by atoms with Gasteiger partial charge in [-0.25, -0.2) is 8.78 Å². The largest absolute Gasteiger partial charge is 0.481 e. The van der Waals surface area contributed by atoms with Gasteiger partial charge in [-0.2, -0.15) is 9.37 Å². The molecular weight excluding hydrogens is 239 g/mol. The fourth-order valence-corrected chi connectivity index (χ4v) is 1.31. The number of rotatable bonds is 4. The Morgan fingerprint density at radius 3 is 2.59 bits per heavy atom. The number of pyridine rings is 1. The van der Waals surface area contributed by atoms with Crippen LogP contribution in [0.15, 0.2) is 6.07 Å². The third kappa shape index (κ3) is 3.08. The second-order valence-corrected chi connectivity index (χ2v) is 3.08. The summed E-state index contributed by atoms with van der Waals surface area (Å²) in [5, 5.41) is 0. The zero-order valence-electron chi connectivity index (χ0n) is 9.17. The number of carbonyl (C=O) groups is 1. The fraction of sp³-hybridized carbons (Fsp3) is 0.400. The van der Waals surface area contributed by atoms with Crippen LogP contribution < -0.4 is 4.74 Å². The Bertz CT molecular complexity index is 424. The van der Waals surface area contributed by atoms with Crippen LogP contribution in [-0.4, -0.2) is 25.2 Å². The molecule has 94 valence electrons. The molecule has 1 rings (SSSR count). The second-order valence-electron chi connectivity index (χ2n) is 3.08. The smallest absolute Gasteiger partial charge is 0.309 e. The van der Waals surface area contributed by atoms with E-state index in [1.807, 2.05) is 0 Å². The molecule has 1 heterocycles. The summed E-state index contributed by atoms with van der Waals surface area (Å²) in [5.41, 5.74) is -0.796. The Balaban J connectivity index is 3.25. The van der Waals surface area contributed by atoms with Gasteiger partial charge in [0.05, 0.1) is 26.2 Å². The lowest BCUT2D eigenvalue weighted by molar-refractivity contribution is -0.139. The highest BCUT2D eigenvalue weighted by Crippen LogP contribution is 2.31. The molecule has 0 radical (unpaired) electrons. The minimum absolute atomic E-state index is 0.198. The van der Waals surface area contributed by atoms with E-state index in [0.29, 0.717) is 0 Å². The molecule has 0 aromatic carbocycles. The third-order valence-electron chi connectivity index (χ3n) is 2.05. The molecule has 0 bridgehead atoms. The van der Waals surface area contributed by atoms with Crippen LogP contribution in [0, 0.1) is 5.95 Å². The van der Waals surface area contributed by atoms with Crippen molar-refractivity contribution in [1.29, 1.82) is 0 Å². The van der Waals surface area contributed by atoms with Gasteiger partial charge in [0.15, 0.2) is 0 Å². The number of hydrogen-bond acceptors (Lipinski definition) is 4. The molecule has 0 N–H and O–H groups in total. The van der Waals surface area contributed by atoms with Crippen molar-refractivity contribution in [3.8, 4) is 5.88 Å². The predicted molar refractivity (Wildman–Crippen MR) is 51.4 cm³/mol. The summed E-state index contributed by atoms with van der Waals surface area (Å²) in [6.07, 6.45) is -3.39. The first-order chi connectivity index (χ1) is 7.99. The number of hydrogen-bond donors (Lipinski definition) is 0. The highest BCUT2D eigenvalue weighted by Gasteiger charge is 2.23. The Morgan fingerprint density at radius 1 is 1.47 bits per heavy atom. The Labute approximate surface area is 95.4 Å². The van der Waals surface area contributed by atoms with Crippen LogP contribution in [0.3, 0.4) is 0 Å². The summed E-state index contributed by atoms with van der Waals surface area (Å²) in [6, 6.07) is 0.765. The zero-order valence-corrected chi connectivity index (χ0v) is 9.17. The van der Waals surface area contributed by atoms with E-state index in [1.54, 1.807) is 0 Å². The van der Waals surface area contributed by atoms with E-state index in [0.717, 1.165) is 20.3 Å². The van der Waals surface area contributed by atoms with Crippen LogP contribution in [0.25, 0.3) is 0 Å². The van der Waals surface area contributed by atoms with Gasteiger partial charge in [0.2, 0.25) is 11.8 Å². The van der Waals surface area contributed by atoms with E-state index in [4.69, 9.17) is 0 Å². The standard InChI is InChI=1S/C10H10F3NO3/c1-16-7(15)4-5-3-6(11)14-10(17-2)8(5)9(12)13/h3,9H,4H2,1-2H3. The molecule has 0 saturated carbocycles. The van der Waals surface area contributed by atoms with Crippen molar-refractivity contribution in [2.45, 2.75) is 12.8 Å². The molecule has 1 aromatic heterocycles. The quantitative estimate of drug-likeness (QED) is 0.604. The number of methoxy groups -OCH3 is 2. The van der Waals surface area contributed by atoms with Crippen molar-refractivity contribution in [3.63, 3.8) is 0 Å². The van der Waals surface area contributed by atoms with E-state index < -0.39 is 36.2 Å². The van der Waals surface area contributed by atoms with Crippen molar-refractivity contribution < 1.29 is 27.4 Å². The van der Waals surface area contributed by atoms with E-state index in [2.05, 4.69) is 14.5 Å². The van der Waals surface area contributed by atoms with Gasteiger partial charge in [0, 0.05) is 0 Å². The highest BCUT2D eigenvalue weighted by atomic mass is 19.3. The molecule has 4 nitrogen and oxygen atoms in total. The zero-order chi connectivity index (χ0) is 13.0. The summed E-state index contributed by atoms with van der Waals surface area (Å²) in [5.74, 6) is -2.27. The molecular formula is C10H10F3NO3. The summed E-state index contributed by atoms with van der Waals surface area (Å²) in [6.45, 7) is 0. The first kappa shape index (κ1) is 13.3. The molecule has 7 heteroatoms. The molecule has 0 spiro atoms. The number of halogens is 3. The molecule has 0 aliphatic rings. The summed E-state index contributed by atoms with van der Waals surface area (Å²) in [4.78, 5) is 14.2. The highest BCUT2D eigenvalue weighted by molar-refractivity contribution is 5.73. The average molecular weight is 249 g/mol. The van der Waals surface area contributed by atoms with Crippen LogP contribution in [0.4, 0.5) is 13.2 Å². The van der Waals surface area contributed by atoms with Crippen molar-refractivity contribution in [1.82, 2.24) is 4.98 Å². The molecule has 0 unspecified atom stereocenters. The van der Waals surface area contributed by atoms with Crippen molar-refractivity contribution in [2.75, 3.05) is 14.2 Å². The molecule has 0 saturated heterocycles. The fourth-order valence-electron chi connectivity index (χ4n) is 1.31. The molecule has 1 aromatic rings. The van der Waals surface area contributed by atoms with Gasteiger partial charge in [-0.1, -0.05) is 0 Å². The van der Waals surface area contributed by atoms with Crippen LogP contribution in [0.2, 0.25) is 0 Å². The first-order valence-corrected chi connectivity index (χ1v) is 4.57. The lowest BCUT2D eigenvalue weighted by Crippen LogP contribution is -2.10. The molecule has 0 atom stereocenters. The average Bonchev–Trinajstić information content (AvgIpc) is 2.27. The van der Waals surface area contributed by atoms with Gasteiger partial charge in [0.25, 0.3) is 6.43 Å². The van der Waals surface area contributed by atoms with Gasteiger partial charge in [0.1, 0.15) is 0 Å². The van der Waals surface area contributed by atoms with Gasteiger partial charge in [-0.05, 0) is 11.6 Å². The number of nitrogens with zero attached hydrogens (tertiary/aromatic N) is 1. The van der Waals surface area contributed by atoms with Gasteiger partial charge >= 0.3 is 5.97 Å². The van der Waals surface area contributed by atoms with Crippen LogP contribution >= 0.6 is 0 Å². The third-order valence-corrected chi connectivity index (χ3v) is 2.05. The summed E-state index contributed by atoms with van der Waals surface area (Å²) >= 11 is 0. The van der Waals surface area contributed by atoms with Gasteiger partial charge in [-0.15, -0.1) is 0 Å². The lowest BCUT2D eigenvalue weighted by atomic mass is 10.1. The minimum atomic E-state index is -2.92. The Kier molecular flexibility index (Phi) is 4.30. The van der Waals surface area contributed by atoms with Gasteiger partial charge < -0.3 is 9.47 Å². The maximum atomic E-state index is 13.0. The summed E-state index contributed by atoms with van der Waals surface area (Å²) in [7, 11) is 2.20. The van der Waals surface area contributed by atoms with Gasteiger partial charge in [-0.3, -0.25) is 4.79 Å². The van der Waals surface area contributed by atoms with E-state index >= 15 is 0 Å². The molecule has 0 fully saturated rings. The SMILES string of the molecule is COC(=O)Cc1cc(F)nc(OC)c1C(F)F. The van der Waals surface area contributed by atoms with E-state index in [9.17, 15) is 18.0 Å². The van der Waals surface area contributed by atoms with E-state index in [1.165, 1.54) is 0 Å². The Morgan fingerprint density at radius 2 is 2.12 bits per heavy atom.